The summed E-state index contributed by atoms with van der Waals surface area (Å²) in [4.78, 5) is 28.8. The van der Waals surface area contributed by atoms with Crippen molar-refractivity contribution in [2.45, 2.75) is 44.9 Å². The quantitative estimate of drug-likeness (QED) is 0.248. The Kier molecular flexibility index (Phi) is 11.4. The van der Waals surface area contributed by atoms with E-state index in [4.69, 9.17) is 11.6 Å². The lowest BCUT2D eigenvalue weighted by Gasteiger charge is -2.33. The zero-order valence-electron chi connectivity index (χ0n) is 23.3. The van der Waals surface area contributed by atoms with E-state index in [9.17, 15) is 31.2 Å². The third-order valence-electron chi connectivity index (χ3n) is 6.52. The molecule has 0 bridgehead atoms. The van der Waals surface area contributed by atoms with Gasteiger partial charge in [0.25, 0.3) is 0 Å². The van der Waals surface area contributed by atoms with Gasteiger partial charge in [-0.15, -0.1) is 0 Å². The number of hydrogen-bond acceptors (Lipinski definition) is 4. The molecular weight excluding hydrogens is 591 g/mol. The molecule has 226 valence electrons. The first kappa shape index (κ1) is 32.9. The monoisotopic (exact) mass is 623 g/mol. The first-order valence-corrected chi connectivity index (χ1v) is 15.5. The van der Waals surface area contributed by atoms with Gasteiger partial charge in [-0.25, -0.2) is 8.42 Å². The van der Waals surface area contributed by atoms with Gasteiger partial charge in [-0.3, -0.25) is 13.9 Å². The minimum Gasteiger partial charge on any atom is -0.354 e. The Morgan fingerprint density at radius 3 is 2.10 bits per heavy atom. The minimum atomic E-state index is -4.85. The summed E-state index contributed by atoms with van der Waals surface area (Å²) >= 11 is 5.74. The number of anilines is 1. The maximum Gasteiger partial charge on any atom is 0.417 e. The highest BCUT2D eigenvalue weighted by Crippen LogP contribution is 2.37. The highest BCUT2D eigenvalue weighted by atomic mass is 35.5. The molecule has 0 saturated carbocycles. The number of unbranched alkanes of at least 4 members (excludes halogenated alkanes) is 1. The number of carbonyl (C=O) groups excluding carboxylic acids is 2. The predicted molar refractivity (Wildman–Crippen MR) is 157 cm³/mol. The van der Waals surface area contributed by atoms with Crippen LogP contribution < -0.4 is 9.62 Å². The molecule has 0 aliphatic rings. The van der Waals surface area contributed by atoms with Crippen molar-refractivity contribution >= 4 is 39.1 Å². The standard InChI is InChI=1S/C30H33ClF3N3O4S/c1-3-4-17-35-29(39)27(18-22-11-7-5-8-12-22)36(20-23-13-9-6-10-14-23)28(38)21-37(42(2,40)41)24-15-16-26(31)25(19-24)30(32,33)34/h5-16,19,27H,3-4,17-18,20-21H2,1-2H3,(H,35,39). The van der Waals surface area contributed by atoms with Gasteiger partial charge in [0.05, 0.1) is 22.5 Å². The Bertz CT molecular complexity index is 1460. The molecule has 3 aromatic carbocycles. The average Bonchev–Trinajstić information content (AvgIpc) is 2.94. The van der Waals surface area contributed by atoms with E-state index in [0.717, 1.165) is 36.8 Å². The largest absolute Gasteiger partial charge is 0.417 e. The van der Waals surface area contributed by atoms with Crippen LogP contribution in [0.3, 0.4) is 0 Å². The van der Waals surface area contributed by atoms with Crippen LogP contribution in [0.1, 0.15) is 36.5 Å². The summed E-state index contributed by atoms with van der Waals surface area (Å²) in [5, 5.41) is 2.26. The smallest absolute Gasteiger partial charge is 0.354 e. The number of benzene rings is 3. The number of amides is 2. The van der Waals surface area contributed by atoms with E-state index in [1.165, 1.54) is 4.90 Å². The molecule has 1 atom stereocenters. The van der Waals surface area contributed by atoms with Gasteiger partial charge in [-0.2, -0.15) is 13.2 Å². The lowest BCUT2D eigenvalue weighted by Crippen LogP contribution is -2.53. The summed E-state index contributed by atoms with van der Waals surface area (Å²) in [7, 11) is -4.24. The van der Waals surface area contributed by atoms with Crippen LogP contribution in [0.2, 0.25) is 5.02 Å². The Morgan fingerprint density at radius 2 is 1.55 bits per heavy atom. The second-order valence-electron chi connectivity index (χ2n) is 9.79. The number of sulfonamides is 1. The lowest BCUT2D eigenvalue weighted by atomic mass is 10.0. The fourth-order valence-electron chi connectivity index (χ4n) is 4.34. The van der Waals surface area contributed by atoms with E-state index in [1.54, 1.807) is 42.5 Å². The predicted octanol–water partition coefficient (Wildman–Crippen LogP) is 5.68. The first-order chi connectivity index (χ1) is 19.8. The highest BCUT2D eigenvalue weighted by Gasteiger charge is 2.36. The van der Waals surface area contributed by atoms with E-state index in [-0.39, 0.29) is 18.7 Å². The summed E-state index contributed by atoms with van der Waals surface area (Å²) in [5.41, 5.74) is -0.163. The lowest BCUT2D eigenvalue weighted by molar-refractivity contribution is -0.140. The van der Waals surface area contributed by atoms with Crippen LogP contribution in [0.15, 0.2) is 78.9 Å². The number of carbonyl (C=O) groups is 2. The van der Waals surface area contributed by atoms with Crippen LogP contribution in [0.25, 0.3) is 0 Å². The summed E-state index contributed by atoms with van der Waals surface area (Å²) in [6.45, 7) is 1.48. The Morgan fingerprint density at radius 1 is 0.952 bits per heavy atom. The van der Waals surface area contributed by atoms with Gasteiger partial charge < -0.3 is 10.2 Å². The number of nitrogens with one attached hydrogen (secondary N) is 1. The average molecular weight is 624 g/mol. The molecule has 0 aliphatic heterocycles. The normalized spacial score (nSPS) is 12.4. The highest BCUT2D eigenvalue weighted by molar-refractivity contribution is 7.92. The molecular formula is C30H33ClF3N3O4S. The van der Waals surface area contributed by atoms with Gasteiger partial charge in [0.1, 0.15) is 12.6 Å². The molecule has 0 heterocycles. The first-order valence-electron chi connectivity index (χ1n) is 13.3. The van der Waals surface area contributed by atoms with Gasteiger partial charge in [0.2, 0.25) is 21.8 Å². The molecule has 3 rings (SSSR count). The second-order valence-corrected chi connectivity index (χ2v) is 12.1. The molecule has 0 radical (unpaired) electrons. The second kappa shape index (κ2) is 14.6. The molecule has 42 heavy (non-hydrogen) atoms. The van der Waals surface area contributed by atoms with E-state index in [1.807, 2.05) is 25.1 Å². The van der Waals surface area contributed by atoms with Crippen molar-refractivity contribution in [1.82, 2.24) is 10.2 Å². The van der Waals surface area contributed by atoms with Gasteiger partial charge in [-0.05, 0) is 35.7 Å². The molecule has 0 aromatic heterocycles. The number of alkyl halides is 3. The topological polar surface area (TPSA) is 86.8 Å². The number of nitrogens with zero attached hydrogens (tertiary/aromatic N) is 2. The van der Waals surface area contributed by atoms with Crippen molar-refractivity contribution < 1.29 is 31.2 Å². The summed E-state index contributed by atoms with van der Waals surface area (Å²) in [6.07, 6.45) is -2.37. The third kappa shape index (κ3) is 9.22. The Balaban J connectivity index is 2.06. The molecule has 1 unspecified atom stereocenters. The van der Waals surface area contributed by atoms with Gasteiger partial charge in [0.15, 0.2) is 0 Å². The maximum atomic E-state index is 14.0. The molecule has 0 aliphatic carbocycles. The van der Waals surface area contributed by atoms with Crippen molar-refractivity contribution in [1.29, 1.82) is 0 Å². The minimum absolute atomic E-state index is 0.0373. The van der Waals surface area contributed by atoms with Crippen LogP contribution in [-0.4, -0.2) is 50.5 Å². The van der Waals surface area contributed by atoms with E-state index < -0.39 is 51.2 Å². The van der Waals surface area contributed by atoms with E-state index in [2.05, 4.69) is 5.32 Å². The molecule has 7 nitrogen and oxygen atoms in total. The summed E-state index contributed by atoms with van der Waals surface area (Å²) in [6, 6.07) is 19.5. The third-order valence-corrected chi connectivity index (χ3v) is 7.99. The molecule has 2 amide bonds. The summed E-state index contributed by atoms with van der Waals surface area (Å²) < 4.78 is 67.0. The number of hydrogen-bond donors (Lipinski definition) is 1. The fraction of sp³-hybridized carbons (Fsp3) is 0.333. The van der Waals surface area contributed by atoms with Crippen molar-refractivity contribution in [3.8, 4) is 0 Å². The number of halogens is 4. The zero-order chi connectivity index (χ0) is 30.9. The van der Waals surface area contributed by atoms with E-state index in [0.29, 0.717) is 22.5 Å². The molecule has 1 N–H and O–H groups in total. The van der Waals surface area contributed by atoms with E-state index >= 15 is 0 Å². The summed E-state index contributed by atoms with van der Waals surface area (Å²) in [5.74, 6) is -1.19. The molecule has 12 heteroatoms. The fourth-order valence-corrected chi connectivity index (χ4v) is 5.41. The van der Waals surface area contributed by atoms with Crippen LogP contribution >= 0.6 is 11.6 Å². The Labute approximate surface area is 249 Å². The molecule has 0 spiro atoms. The maximum absolute atomic E-state index is 14.0. The molecule has 0 fully saturated rings. The van der Waals surface area contributed by atoms with Gasteiger partial charge in [0, 0.05) is 19.5 Å². The van der Waals surface area contributed by atoms with Gasteiger partial charge in [-0.1, -0.05) is 85.6 Å². The SMILES string of the molecule is CCCCNC(=O)C(Cc1ccccc1)N(Cc1ccccc1)C(=O)CN(c1ccc(Cl)c(C(F)(F)F)c1)S(C)(=O)=O. The van der Waals surface area contributed by atoms with Gasteiger partial charge >= 0.3 is 6.18 Å². The Hall–Kier alpha value is -3.57. The number of rotatable bonds is 13. The van der Waals surface area contributed by atoms with Crippen LogP contribution in [0.5, 0.6) is 0 Å². The van der Waals surface area contributed by atoms with Crippen LogP contribution in [0.4, 0.5) is 18.9 Å². The van der Waals surface area contributed by atoms with Crippen molar-refractivity contribution in [2.24, 2.45) is 0 Å². The molecule has 3 aromatic rings. The van der Waals surface area contributed by atoms with Crippen LogP contribution in [0, 0.1) is 0 Å². The zero-order valence-corrected chi connectivity index (χ0v) is 24.8. The molecule has 0 saturated heterocycles. The van der Waals surface area contributed by atoms with Crippen molar-refractivity contribution in [3.05, 3.63) is 101 Å². The van der Waals surface area contributed by atoms with Crippen molar-refractivity contribution in [3.63, 3.8) is 0 Å². The van der Waals surface area contributed by atoms with Crippen molar-refractivity contribution in [2.75, 3.05) is 23.7 Å². The van der Waals surface area contributed by atoms with Crippen LogP contribution in [-0.2, 0) is 38.8 Å².